The van der Waals surface area contributed by atoms with Gasteiger partial charge in [-0.1, -0.05) is 18.9 Å². The molecule has 3 nitrogen and oxygen atoms in total. The van der Waals surface area contributed by atoms with Crippen LogP contribution in [-0.4, -0.2) is 15.6 Å². The van der Waals surface area contributed by atoms with Crippen molar-refractivity contribution in [2.75, 3.05) is 5.32 Å². The van der Waals surface area contributed by atoms with Crippen molar-refractivity contribution < 1.29 is 4.39 Å². The van der Waals surface area contributed by atoms with Crippen LogP contribution in [-0.2, 0) is 0 Å². The van der Waals surface area contributed by atoms with E-state index in [1.807, 2.05) is 13.0 Å². The van der Waals surface area contributed by atoms with Crippen molar-refractivity contribution in [2.24, 2.45) is 0 Å². The average molecular weight is 259 g/mol. The van der Waals surface area contributed by atoms with Crippen LogP contribution in [0.2, 0.25) is 0 Å². The number of nitrogens with zero attached hydrogens (tertiary/aromatic N) is 2. The lowest BCUT2D eigenvalue weighted by Gasteiger charge is -2.15. The predicted molar refractivity (Wildman–Crippen MR) is 74.1 cm³/mol. The molecule has 19 heavy (non-hydrogen) atoms. The summed E-state index contributed by atoms with van der Waals surface area (Å²) >= 11 is 0. The Labute approximate surface area is 112 Å². The van der Waals surface area contributed by atoms with E-state index in [0.717, 1.165) is 11.5 Å². The number of hydrogen-bond acceptors (Lipinski definition) is 2. The number of imidazole rings is 1. The zero-order valence-electron chi connectivity index (χ0n) is 11.1. The second-order valence-corrected chi connectivity index (χ2v) is 5.20. The molecular weight excluding hydrogens is 241 g/mol. The molecule has 0 saturated heterocycles. The smallest absolute Gasteiger partial charge is 0.207 e. The van der Waals surface area contributed by atoms with Crippen LogP contribution in [0, 0.1) is 12.7 Å². The van der Waals surface area contributed by atoms with E-state index in [1.165, 1.54) is 31.7 Å². The topological polar surface area (TPSA) is 29.9 Å². The molecule has 0 radical (unpaired) electrons. The molecule has 1 heterocycles. The molecular formula is C15H18FN3. The highest BCUT2D eigenvalue weighted by molar-refractivity contribution is 5.45. The monoisotopic (exact) mass is 259 g/mol. The Hall–Kier alpha value is -1.84. The van der Waals surface area contributed by atoms with Gasteiger partial charge in [-0.3, -0.25) is 4.57 Å². The van der Waals surface area contributed by atoms with Crippen LogP contribution in [0.4, 0.5) is 10.3 Å². The van der Waals surface area contributed by atoms with Crippen molar-refractivity contribution in [3.05, 3.63) is 42.0 Å². The highest BCUT2D eigenvalue weighted by atomic mass is 19.1. The molecule has 0 aliphatic heterocycles. The van der Waals surface area contributed by atoms with Gasteiger partial charge in [-0.25, -0.2) is 9.37 Å². The molecule has 1 saturated carbocycles. The van der Waals surface area contributed by atoms with E-state index >= 15 is 0 Å². The molecule has 0 amide bonds. The molecule has 0 spiro atoms. The Morgan fingerprint density at radius 3 is 2.89 bits per heavy atom. The summed E-state index contributed by atoms with van der Waals surface area (Å²) < 4.78 is 15.7. The number of rotatable bonds is 3. The summed E-state index contributed by atoms with van der Waals surface area (Å²) in [6.07, 6.45) is 8.37. The number of halogens is 1. The third kappa shape index (κ3) is 2.48. The summed E-state index contributed by atoms with van der Waals surface area (Å²) in [5, 5.41) is 3.42. The third-order valence-electron chi connectivity index (χ3n) is 3.69. The van der Waals surface area contributed by atoms with Gasteiger partial charge in [-0.15, -0.1) is 0 Å². The molecule has 0 unspecified atom stereocenters. The number of hydrogen-bond donors (Lipinski definition) is 1. The lowest BCUT2D eigenvalue weighted by atomic mass is 10.2. The van der Waals surface area contributed by atoms with Gasteiger partial charge >= 0.3 is 0 Å². The molecule has 1 aliphatic rings. The summed E-state index contributed by atoms with van der Waals surface area (Å²) in [6.45, 7) is 1.96. The van der Waals surface area contributed by atoms with E-state index in [0.29, 0.717) is 11.7 Å². The van der Waals surface area contributed by atoms with Crippen LogP contribution in [0.1, 0.15) is 31.2 Å². The van der Waals surface area contributed by atoms with E-state index < -0.39 is 0 Å². The van der Waals surface area contributed by atoms with E-state index in [4.69, 9.17) is 0 Å². The van der Waals surface area contributed by atoms with Crippen molar-refractivity contribution in [3.63, 3.8) is 0 Å². The summed E-state index contributed by atoms with van der Waals surface area (Å²) in [5.41, 5.74) is 1.59. The predicted octanol–water partition coefficient (Wildman–Crippen LogP) is 3.67. The van der Waals surface area contributed by atoms with Crippen LogP contribution in [0.15, 0.2) is 30.6 Å². The Bertz CT molecular complexity index is 571. The van der Waals surface area contributed by atoms with E-state index in [-0.39, 0.29) is 5.82 Å². The number of aromatic nitrogens is 2. The van der Waals surface area contributed by atoms with Gasteiger partial charge < -0.3 is 5.32 Å². The first-order chi connectivity index (χ1) is 9.24. The van der Waals surface area contributed by atoms with Gasteiger partial charge in [0.2, 0.25) is 5.95 Å². The summed E-state index contributed by atoms with van der Waals surface area (Å²) in [7, 11) is 0. The highest BCUT2D eigenvalue weighted by Gasteiger charge is 2.17. The molecule has 1 N–H and O–H groups in total. The summed E-state index contributed by atoms with van der Waals surface area (Å²) in [5.74, 6) is 0.509. The second kappa shape index (κ2) is 5.03. The Morgan fingerprint density at radius 1 is 1.32 bits per heavy atom. The van der Waals surface area contributed by atoms with Crippen molar-refractivity contribution in [1.29, 1.82) is 0 Å². The molecule has 100 valence electrons. The minimum atomic E-state index is -0.224. The fourth-order valence-corrected chi connectivity index (χ4v) is 2.66. The van der Waals surface area contributed by atoms with E-state index in [2.05, 4.69) is 10.3 Å². The Kier molecular flexibility index (Phi) is 3.23. The number of aryl methyl sites for hydroxylation is 1. The van der Waals surface area contributed by atoms with E-state index in [1.54, 1.807) is 23.0 Å². The van der Waals surface area contributed by atoms with Crippen LogP contribution in [0.3, 0.4) is 0 Å². The standard InChI is InChI=1S/C15H18FN3/c1-11-6-7-13(16)14(10-11)19-9-8-17-15(19)18-12-4-2-3-5-12/h6-10,12H,2-5H2,1H3,(H,17,18). The summed E-state index contributed by atoms with van der Waals surface area (Å²) in [6, 6.07) is 5.59. The van der Waals surface area contributed by atoms with Gasteiger partial charge in [-0.05, 0) is 37.5 Å². The largest absolute Gasteiger partial charge is 0.353 e. The zero-order chi connectivity index (χ0) is 13.2. The molecule has 1 aliphatic carbocycles. The second-order valence-electron chi connectivity index (χ2n) is 5.20. The quantitative estimate of drug-likeness (QED) is 0.911. The zero-order valence-corrected chi connectivity index (χ0v) is 11.1. The van der Waals surface area contributed by atoms with Crippen LogP contribution >= 0.6 is 0 Å². The first kappa shape index (κ1) is 12.2. The van der Waals surface area contributed by atoms with Gasteiger partial charge in [0.1, 0.15) is 5.82 Å². The van der Waals surface area contributed by atoms with E-state index in [9.17, 15) is 4.39 Å². The molecule has 2 aromatic rings. The molecule has 1 fully saturated rings. The lowest BCUT2D eigenvalue weighted by molar-refractivity contribution is 0.617. The first-order valence-corrected chi connectivity index (χ1v) is 6.80. The van der Waals surface area contributed by atoms with Gasteiger partial charge in [0.25, 0.3) is 0 Å². The Balaban J connectivity index is 1.92. The van der Waals surface area contributed by atoms with Gasteiger partial charge in [0.05, 0.1) is 5.69 Å². The number of benzene rings is 1. The maximum atomic E-state index is 14.0. The van der Waals surface area contributed by atoms with Crippen LogP contribution < -0.4 is 5.32 Å². The maximum Gasteiger partial charge on any atom is 0.207 e. The van der Waals surface area contributed by atoms with Crippen molar-refractivity contribution >= 4 is 5.95 Å². The number of anilines is 1. The molecule has 3 rings (SSSR count). The SMILES string of the molecule is Cc1ccc(F)c(-n2ccnc2NC2CCCC2)c1. The van der Waals surface area contributed by atoms with Crippen molar-refractivity contribution in [3.8, 4) is 5.69 Å². The first-order valence-electron chi connectivity index (χ1n) is 6.80. The molecule has 1 aromatic heterocycles. The highest BCUT2D eigenvalue weighted by Crippen LogP contribution is 2.24. The van der Waals surface area contributed by atoms with Crippen molar-refractivity contribution in [1.82, 2.24) is 9.55 Å². The summed E-state index contributed by atoms with van der Waals surface area (Å²) in [4.78, 5) is 4.31. The van der Waals surface area contributed by atoms with Gasteiger partial charge in [-0.2, -0.15) is 0 Å². The molecule has 0 bridgehead atoms. The van der Waals surface area contributed by atoms with Gasteiger partial charge in [0, 0.05) is 18.4 Å². The Morgan fingerprint density at radius 2 is 2.11 bits per heavy atom. The number of nitrogens with one attached hydrogen (secondary N) is 1. The molecule has 4 heteroatoms. The van der Waals surface area contributed by atoms with Crippen LogP contribution in [0.25, 0.3) is 5.69 Å². The normalized spacial score (nSPS) is 15.9. The van der Waals surface area contributed by atoms with Gasteiger partial charge in [0.15, 0.2) is 0 Å². The fourth-order valence-electron chi connectivity index (χ4n) is 2.66. The maximum absolute atomic E-state index is 14.0. The molecule has 0 atom stereocenters. The van der Waals surface area contributed by atoms with Crippen LogP contribution in [0.5, 0.6) is 0 Å². The minimum Gasteiger partial charge on any atom is -0.353 e. The molecule has 1 aromatic carbocycles. The fraction of sp³-hybridized carbons (Fsp3) is 0.400. The minimum absolute atomic E-state index is 0.224. The van der Waals surface area contributed by atoms with Crippen molar-refractivity contribution in [2.45, 2.75) is 38.6 Å². The lowest BCUT2D eigenvalue weighted by Crippen LogP contribution is -2.18. The average Bonchev–Trinajstić information content (AvgIpc) is 3.04. The third-order valence-corrected chi connectivity index (χ3v) is 3.69.